The Kier molecular flexibility index (Phi) is 11.8. The summed E-state index contributed by atoms with van der Waals surface area (Å²) in [4.78, 5) is 0. The van der Waals surface area contributed by atoms with E-state index >= 15 is 0 Å². The van der Waals surface area contributed by atoms with Gasteiger partial charge in [0, 0.05) is 5.56 Å². The third kappa shape index (κ3) is 9.16. The summed E-state index contributed by atoms with van der Waals surface area (Å²) in [6.45, 7) is 10.3. The normalized spacial score (nSPS) is 11.9. The molecule has 0 saturated heterocycles. The number of hydrogen-bond donors (Lipinski definition) is 2. The largest absolute Gasteiger partial charge is 0.391 e. The zero-order chi connectivity index (χ0) is 19.3. The summed E-state index contributed by atoms with van der Waals surface area (Å²) in [5.74, 6) is 0. The Bertz CT molecular complexity index is 461. The van der Waals surface area contributed by atoms with Crippen molar-refractivity contribution in [2.45, 2.75) is 78.7 Å². The van der Waals surface area contributed by atoms with E-state index in [0.29, 0.717) is 0 Å². The standard InChI is InChI=1S/C23H42NO2/c1-4-5-6-7-8-9-10-11-12-24(13-15-25,14-16-26)20-23-18-21(2)17-22(3)19-23/h17-19,25-26H,4-16,20H2,1-3H3/q+1. The van der Waals surface area contributed by atoms with E-state index in [-0.39, 0.29) is 13.2 Å². The fraction of sp³-hybridized carbons (Fsp3) is 0.739. The molecule has 0 bridgehead atoms. The van der Waals surface area contributed by atoms with Crippen LogP contribution in [-0.2, 0) is 6.54 Å². The highest BCUT2D eigenvalue weighted by Gasteiger charge is 2.26. The van der Waals surface area contributed by atoms with E-state index in [2.05, 4.69) is 39.0 Å². The number of unbranched alkanes of at least 4 members (excludes halogenated alkanes) is 7. The first kappa shape index (κ1) is 23.1. The molecule has 26 heavy (non-hydrogen) atoms. The van der Waals surface area contributed by atoms with Crippen LogP contribution in [0.25, 0.3) is 0 Å². The van der Waals surface area contributed by atoms with Crippen LogP contribution in [0.2, 0.25) is 0 Å². The van der Waals surface area contributed by atoms with Gasteiger partial charge in [-0.2, -0.15) is 0 Å². The third-order valence-electron chi connectivity index (χ3n) is 5.43. The van der Waals surface area contributed by atoms with Gasteiger partial charge in [-0.15, -0.1) is 0 Å². The van der Waals surface area contributed by atoms with Crippen molar-refractivity contribution in [1.29, 1.82) is 0 Å². The van der Waals surface area contributed by atoms with Crippen molar-refractivity contribution >= 4 is 0 Å². The molecule has 0 aliphatic heterocycles. The second kappa shape index (κ2) is 13.3. The maximum Gasteiger partial charge on any atom is 0.105 e. The van der Waals surface area contributed by atoms with E-state index in [0.717, 1.165) is 30.7 Å². The lowest BCUT2D eigenvalue weighted by atomic mass is 10.0. The molecule has 150 valence electrons. The molecular formula is C23H42NO2+. The minimum absolute atomic E-state index is 0.182. The molecule has 0 heterocycles. The van der Waals surface area contributed by atoms with Crippen molar-refractivity contribution < 1.29 is 14.7 Å². The second-order valence-corrected chi connectivity index (χ2v) is 8.09. The van der Waals surface area contributed by atoms with Crippen LogP contribution in [-0.4, -0.2) is 47.5 Å². The van der Waals surface area contributed by atoms with Crippen LogP contribution in [0.5, 0.6) is 0 Å². The number of aliphatic hydroxyl groups excluding tert-OH is 2. The summed E-state index contributed by atoms with van der Waals surface area (Å²) in [5.41, 5.74) is 3.90. The lowest BCUT2D eigenvalue weighted by Gasteiger charge is -2.38. The highest BCUT2D eigenvalue weighted by atomic mass is 16.3. The fourth-order valence-electron chi connectivity index (χ4n) is 4.13. The smallest absolute Gasteiger partial charge is 0.105 e. The van der Waals surface area contributed by atoms with Gasteiger partial charge in [-0.3, -0.25) is 0 Å². The van der Waals surface area contributed by atoms with Crippen molar-refractivity contribution in [1.82, 2.24) is 0 Å². The molecule has 1 rings (SSSR count). The van der Waals surface area contributed by atoms with Crippen molar-refractivity contribution in [2.24, 2.45) is 0 Å². The number of quaternary nitrogens is 1. The minimum atomic E-state index is 0.182. The Hall–Kier alpha value is -0.900. The Morgan fingerprint density at radius 2 is 1.19 bits per heavy atom. The van der Waals surface area contributed by atoms with Gasteiger partial charge in [-0.1, -0.05) is 74.8 Å². The zero-order valence-corrected chi connectivity index (χ0v) is 17.5. The van der Waals surface area contributed by atoms with Gasteiger partial charge < -0.3 is 14.7 Å². The molecular weight excluding hydrogens is 322 g/mol. The lowest BCUT2D eigenvalue weighted by molar-refractivity contribution is -0.941. The Morgan fingerprint density at radius 3 is 1.69 bits per heavy atom. The van der Waals surface area contributed by atoms with Gasteiger partial charge in [0.15, 0.2) is 0 Å². The SMILES string of the molecule is CCCCCCCCCC[N+](CCO)(CCO)Cc1cc(C)cc(C)c1. The van der Waals surface area contributed by atoms with Crippen molar-refractivity contribution in [3.05, 3.63) is 34.9 Å². The van der Waals surface area contributed by atoms with Gasteiger partial charge in [-0.05, 0) is 26.7 Å². The zero-order valence-electron chi connectivity index (χ0n) is 17.5. The molecule has 3 nitrogen and oxygen atoms in total. The maximum atomic E-state index is 9.64. The number of nitrogens with zero attached hydrogens (tertiary/aromatic N) is 1. The van der Waals surface area contributed by atoms with E-state index in [9.17, 15) is 10.2 Å². The highest BCUT2D eigenvalue weighted by Crippen LogP contribution is 2.19. The van der Waals surface area contributed by atoms with Gasteiger partial charge in [0.1, 0.15) is 19.6 Å². The quantitative estimate of drug-likeness (QED) is 0.348. The lowest BCUT2D eigenvalue weighted by Crippen LogP contribution is -2.51. The summed E-state index contributed by atoms with van der Waals surface area (Å²) < 4.78 is 0.797. The number of aliphatic hydroxyl groups is 2. The molecule has 0 radical (unpaired) electrons. The topological polar surface area (TPSA) is 40.5 Å². The van der Waals surface area contributed by atoms with Crippen molar-refractivity contribution in [3.8, 4) is 0 Å². The van der Waals surface area contributed by atoms with E-state index in [4.69, 9.17) is 0 Å². The molecule has 0 aliphatic carbocycles. The van der Waals surface area contributed by atoms with Crippen LogP contribution in [0.15, 0.2) is 18.2 Å². The highest BCUT2D eigenvalue weighted by molar-refractivity contribution is 5.28. The second-order valence-electron chi connectivity index (χ2n) is 8.09. The molecule has 1 aromatic rings. The molecule has 1 aromatic carbocycles. The predicted octanol–water partition coefficient (Wildman–Crippen LogP) is 4.75. The number of rotatable bonds is 15. The molecule has 2 N–H and O–H groups in total. The minimum Gasteiger partial charge on any atom is -0.391 e. The molecule has 0 spiro atoms. The van der Waals surface area contributed by atoms with Gasteiger partial charge in [0.05, 0.1) is 19.8 Å². The fourth-order valence-corrected chi connectivity index (χ4v) is 4.13. The Morgan fingerprint density at radius 1 is 0.692 bits per heavy atom. The van der Waals surface area contributed by atoms with E-state index in [1.807, 2.05) is 0 Å². The van der Waals surface area contributed by atoms with Gasteiger partial charge in [-0.25, -0.2) is 0 Å². The number of aryl methyl sites for hydroxylation is 2. The molecule has 0 atom stereocenters. The first-order valence-electron chi connectivity index (χ1n) is 10.7. The van der Waals surface area contributed by atoms with Crippen molar-refractivity contribution in [2.75, 3.05) is 32.8 Å². The van der Waals surface area contributed by atoms with Crippen LogP contribution >= 0.6 is 0 Å². The average Bonchev–Trinajstić information content (AvgIpc) is 2.57. The Labute approximate surface area is 161 Å². The predicted molar refractivity (Wildman–Crippen MR) is 111 cm³/mol. The van der Waals surface area contributed by atoms with Gasteiger partial charge >= 0.3 is 0 Å². The molecule has 3 heteroatoms. The molecule has 0 unspecified atom stereocenters. The van der Waals surface area contributed by atoms with Gasteiger partial charge in [0.2, 0.25) is 0 Å². The molecule has 0 fully saturated rings. The van der Waals surface area contributed by atoms with Crippen LogP contribution in [0.1, 0.15) is 75.0 Å². The molecule has 0 aromatic heterocycles. The summed E-state index contributed by atoms with van der Waals surface area (Å²) >= 11 is 0. The summed E-state index contributed by atoms with van der Waals surface area (Å²) in [5, 5.41) is 19.3. The number of hydrogen-bond acceptors (Lipinski definition) is 2. The molecule has 0 aliphatic rings. The van der Waals surface area contributed by atoms with Crippen LogP contribution < -0.4 is 0 Å². The maximum absolute atomic E-state index is 9.64. The van der Waals surface area contributed by atoms with Crippen LogP contribution in [0, 0.1) is 13.8 Å². The monoisotopic (exact) mass is 364 g/mol. The van der Waals surface area contributed by atoms with E-state index in [1.54, 1.807) is 0 Å². The van der Waals surface area contributed by atoms with Crippen LogP contribution in [0.4, 0.5) is 0 Å². The number of benzene rings is 1. The van der Waals surface area contributed by atoms with E-state index in [1.165, 1.54) is 68.1 Å². The summed E-state index contributed by atoms with van der Waals surface area (Å²) in [7, 11) is 0. The third-order valence-corrected chi connectivity index (χ3v) is 5.43. The van der Waals surface area contributed by atoms with Gasteiger partial charge in [0.25, 0.3) is 0 Å². The molecule has 0 saturated carbocycles. The Balaban J connectivity index is 2.59. The summed E-state index contributed by atoms with van der Waals surface area (Å²) in [6, 6.07) is 6.71. The first-order chi connectivity index (χ1) is 12.5. The van der Waals surface area contributed by atoms with Crippen molar-refractivity contribution in [3.63, 3.8) is 0 Å². The van der Waals surface area contributed by atoms with Crippen LogP contribution in [0.3, 0.4) is 0 Å². The summed E-state index contributed by atoms with van der Waals surface area (Å²) in [6.07, 6.45) is 10.5. The first-order valence-corrected chi connectivity index (χ1v) is 10.7. The molecule has 0 amide bonds. The van der Waals surface area contributed by atoms with E-state index < -0.39 is 0 Å². The average molecular weight is 365 g/mol.